The van der Waals surface area contributed by atoms with Gasteiger partial charge in [-0.1, -0.05) is 23.2 Å². The summed E-state index contributed by atoms with van der Waals surface area (Å²) in [7, 11) is 0. The summed E-state index contributed by atoms with van der Waals surface area (Å²) in [5, 5.41) is 11.3. The number of carbonyl (C=O) groups is 2. The lowest BCUT2D eigenvalue weighted by Gasteiger charge is -2.16. The number of benzene rings is 2. The summed E-state index contributed by atoms with van der Waals surface area (Å²) in [5.41, 5.74) is 0.579. The average molecular weight is 526 g/mol. The fraction of sp³-hybridized carbons (Fsp3) is 0.417. The molecule has 0 aliphatic heterocycles. The molecule has 35 heavy (non-hydrogen) atoms. The van der Waals surface area contributed by atoms with Gasteiger partial charge in [-0.05, 0) is 52.8 Å². The number of hydrogen-bond acceptors (Lipinski definition) is 8. The van der Waals surface area contributed by atoms with Gasteiger partial charge >= 0.3 is 0 Å². The van der Waals surface area contributed by atoms with E-state index in [1.165, 1.54) is 13.0 Å². The van der Waals surface area contributed by atoms with Crippen molar-refractivity contribution in [3.63, 3.8) is 0 Å². The van der Waals surface area contributed by atoms with Crippen LogP contribution in [0.5, 0.6) is 23.0 Å². The van der Waals surface area contributed by atoms with E-state index in [2.05, 4.69) is 15.5 Å². The van der Waals surface area contributed by atoms with Crippen LogP contribution in [0.3, 0.4) is 0 Å². The monoisotopic (exact) mass is 525 g/mol. The lowest BCUT2D eigenvalue weighted by molar-refractivity contribution is -0.126. The van der Waals surface area contributed by atoms with Crippen LogP contribution in [-0.4, -0.2) is 44.2 Å². The minimum absolute atomic E-state index is 0.250. The number of anilines is 1. The Kier molecular flexibility index (Phi) is 11.1. The number of Topliss-reactive ketones (excluding diaryl/α,β-unsaturated/α-hetero) is 1. The summed E-state index contributed by atoms with van der Waals surface area (Å²) >= 11 is 12.5. The predicted octanol–water partition coefficient (Wildman–Crippen LogP) is 6.27. The molecule has 1 atom stereocenters. The van der Waals surface area contributed by atoms with Crippen molar-refractivity contribution in [3.05, 3.63) is 34.3 Å². The predicted molar refractivity (Wildman–Crippen MR) is 135 cm³/mol. The molecule has 2 aromatic carbocycles. The van der Waals surface area contributed by atoms with Crippen LogP contribution >= 0.6 is 23.2 Å². The van der Waals surface area contributed by atoms with Gasteiger partial charge in [-0.25, -0.2) is 0 Å². The highest BCUT2D eigenvalue weighted by atomic mass is 35.5. The van der Waals surface area contributed by atoms with E-state index in [1.807, 2.05) is 13.8 Å². The first-order valence-corrected chi connectivity index (χ1v) is 11.9. The van der Waals surface area contributed by atoms with Gasteiger partial charge < -0.3 is 24.3 Å². The molecule has 0 aromatic heterocycles. The van der Waals surface area contributed by atoms with Crippen LogP contribution in [0.25, 0.3) is 0 Å². The minimum Gasteiger partial charge on any atom is -0.490 e. The Hall–Kier alpha value is -3.04. The quantitative estimate of drug-likeness (QED) is 0.244. The van der Waals surface area contributed by atoms with Gasteiger partial charge in [-0.3, -0.25) is 9.59 Å². The van der Waals surface area contributed by atoms with Gasteiger partial charge in [0, 0.05) is 11.8 Å². The molecule has 0 radical (unpaired) electrons. The second-order valence-corrected chi connectivity index (χ2v) is 7.77. The van der Waals surface area contributed by atoms with Crippen LogP contribution in [0, 0.1) is 0 Å². The maximum Gasteiger partial charge on any atom is 0.258 e. The van der Waals surface area contributed by atoms with Gasteiger partial charge in [0.25, 0.3) is 5.91 Å². The summed E-state index contributed by atoms with van der Waals surface area (Å²) in [6.07, 6.45) is 0. The molecular formula is C24H29Cl2N3O6. The maximum absolute atomic E-state index is 12.9. The first-order valence-electron chi connectivity index (χ1n) is 11.2. The summed E-state index contributed by atoms with van der Waals surface area (Å²) in [6.45, 7) is 9.90. The fourth-order valence-corrected chi connectivity index (χ4v) is 3.47. The van der Waals surface area contributed by atoms with Gasteiger partial charge in [0.05, 0.1) is 36.5 Å². The lowest BCUT2D eigenvalue weighted by atomic mass is 10.2. The highest BCUT2D eigenvalue weighted by molar-refractivity contribution is 6.33. The Morgan fingerprint density at radius 3 is 2.06 bits per heavy atom. The number of halogens is 2. The summed E-state index contributed by atoms with van der Waals surface area (Å²) in [5.74, 6) is 0.111. The largest absolute Gasteiger partial charge is 0.490 e. The lowest BCUT2D eigenvalue weighted by Crippen LogP contribution is -2.31. The van der Waals surface area contributed by atoms with Gasteiger partial charge in [0.15, 0.2) is 28.8 Å². The molecule has 0 spiro atoms. The molecule has 0 saturated carbocycles. The van der Waals surface area contributed by atoms with Crippen molar-refractivity contribution in [2.75, 3.05) is 31.7 Å². The molecule has 1 amide bonds. The molecule has 1 N–H and O–H groups in total. The Labute approximate surface area is 214 Å². The topological polar surface area (TPSA) is 108 Å². The highest BCUT2D eigenvalue weighted by Gasteiger charge is 2.25. The zero-order valence-electron chi connectivity index (χ0n) is 20.3. The molecule has 0 fully saturated rings. The number of rotatable bonds is 13. The highest BCUT2D eigenvalue weighted by Crippen LogP contribution is 2.43. The van der Waals surface area contributed by atoms with Gasteiger partial charge in [0.1, 0.15) is 5.69 Å². The summed E-state index contributed by atoms with van der Waals surface area (Å²) in [6, 6.07) is 4.78. The van der Waals surface area contributed by atoms with Crippen molar-refractivity contribution < 1.29 is 28.5 Å². The molecule has 1 unspecified atom stereocenters. The number of nitrogens with zero attached hydrogens (tertiary/aromatic N) is 2. The van der Waals surface area contributed by atoms with E-state index < -0.39 is 17.7 Å². The van der Waals surface area contributed by atoms with E-state index >= 15 is 0 Å². The Morgan fingerprint density at radius 1 is 0.857 bits per heavy atom. The summed E-state index contributed by atoms with van der Waals surface area (Å²) in [4.78, 5) is 25.2. The van der Waals surface area contributed by atoms with Crippen LogP contribution in [0.2, 0.25) is 10.0 Å². The SMILES string of the molecule is CCOc1cc(NC(=O)C(N=Nc2ccc(Cl)c(OCC)c2OCC)C(C)=O)cc(Cl)c1OCC. The molecule has 0 heterocycles. The van der Waals surface area contributed by atoms with Crippen molar-refractivity contribution in [1.29, 1.82) is 0 Å². The first-order chi connectivity index (χ1) is 16.8. The van der Waals surface area contributed by atoms with Crippen LogP contribution in [0.4, 0.5) is 11.4 Å². The fourth-order valence-electron chi connectivity index (χ4n) is 3.01. The van der Waals surface area contributed by atoms with Crippen molar-refractivity contribution in [1.82, 2.24) is 0 Å². The van der Waals surface area contributed by atoms with E-state index in [1.54, 1.807) is 32.0 Å². The summed E-state index contributed by atoms with van der Waals surface area (Å²) < 4.78 is 22.3. The number of amides is 1. The van der Waals surface area contributed by atoms with E-state index in [0.29, 0.717) is 54.4 Å². The van der Waals surface area contributed by atoms with E-state index in [9.17, 15) is 9.59 Å². The average Bonchev–Trinajstić information content (AvgIpc) is 2.80. The van der Waals surface area contributed by atoms with E-state index in [-0.39, 0.29) is 16.5 Å². The van der Waals surface area contributed by atoms with Crippen LogP contribution < -0.4 is 24.3 Å². The van der Waals surface area contributed by atoms with Crippen LogP contribution in [0.15, 0.2) is 34.5 Å². The zero-order chi connectivity index (χ0) is 26.0. The van der Waals surface area contributed by atoms with Crippen molar-refractivity contribution in [2.45, 2.75) is 40.7 Å². The molecule has 2 rings (SSSR count). The number of carbonyl (C=O) groups excluding carboxylic acids is 2. The zero-order valence-corrected chi connectivity index (χ0v) is 21.8. The third-order valence-corrected chi connectivity index (χ3v) is 4.98. The standard InChI is InChI=1S/C24H29Cl2N3O6/c1-6-32-19-13-15(12-17(26)21(19)33-7-2)27-24(31)20(14(5)30)29-28-18-11-10-16(25)22(34-8-3)23(18)35-9-4/h10-13,20H,6-9H2,1-5H3,(H,27,31). The third kappa shape index (κ3) is 7.47. The Morgan fingerprint density at radius 2 is 1.46 bits per heavy atom. The number of hydrogen-bond donors (Lipinski definition) is 1. The van der Waals surface area contributed by atoms with Gasteiger partial charge in [-0.2, -0.15) is 10.2 Å². The molecular weight excluding hydrogens is 497 g/mol. The molecule has 2 aromatic rings. The van der Waals surface area contributed by atoms with E-state index in [0.717, 1.165) is 0 Å². The third-order valence-electron chi connectivity index (χ3n) is 4.40. The number of nitrogens with one attached hydrogen (secondary N) is 1. The first kappa shape index (κ1) is 28.2. The normalized spacial score (nSPS) is 11.7. The number of ether oxygens (including phenoxy) is 4. The number of azo groups is 1. The number of ketones is 1. The molecule has 9 nitrogen and oxygen atoms in total. The minimum atomic E-state index is -1.42. The molecule has 0 saturated heterocycles. The maximum atomic E-state index is 12.9. The second kappa shape index (κ2) is 13.7. The molecule has 0 aliphatic carbocycles. The van der Waals surface area contributed by atoms with E-state index in [4.69, 9.17) is 42.1 Å². The molecule has 0 aliphatic rings. The molecule has 11 heteroatoms. The Bertz CT molecular complexity index is 1080. The second-order valence-electron chi connectivity index (χ2n) is 6.96. The molecule has 0 bridgehead atoms. The molecule has 190 valence electrons. The van der Waals surface area contributed by atoms with Gasteiger partial charge in [-0.15, -0.1) is 0 Å². The Balaban J connectivity index is 2.35. The van der Waals surface area contributed by atoms with Crippen molar-refractivity contribution >= 4 is 46.3 Å². The van der Waals surface area contributed by atoms with Crippen molar-refractivity contribution in [3.8, 4) is 23.0 Å². The van der Waals surface area contributed by atoms with Gasteiger partial charge in [0.2, 0.25) is 6.04 Å². The van der Waals surface area contributed by atoms with Crippen LogP contribution in [-0.2, 0) is 9.59 Å². The van der Waals surface area contributed by atoms with Crippen molar-refractivity contribution in [2.24, 2.45) is 10.2 Å². The van der Waals surface area contributed by atoms with Crippen LogP contribution in [0.1, 0.15) is 34.6 Å². The smallest absolute Gasteiger partial charge is 0.258 e.